The molecule has 4 aromatic rings. The lowest BCUT2D eigenvalue weighted by molar-refractivity contribution is -0.384. The van der Waals surface area contributed by atoms with Crippen LogP contribution in [0.15, 0.2) is 78.3 Å². The Morgan fingerprint density at radius 1 is 1.16 bits per heavy atom. The molecule has 0 aliphatic rings. The summed E-state index contributed by atoms with van der Waals surface area (Å²) in [6, 6.07) is 17.5. The van der Waals surface area contributed by atoms with E-state index in [0.717, 1.165) is 10.6 Å². The zero-order chi connectivity index (χ0) is 26.2. The second kappa shape index (κ2) is 11.8. The Balaban J connectivity index is 1.42. The van der Waals surface area contributed by atoms with Crippen molar-refractivity contribution in [3.8, 4) is 22.0 Å². The van der Waals surface area contributed by atoms with Gasteiger partial charge in [-0.15, -0.1) is 11.3 Å². The molecule has 0 fully saturated rings. The SMILES string of the molecule is CCOc1ccc(NC(=O)COC(=O)/C=C/c2cn(-c3ccccc3)nc2-c2cccs2)c([N+](=O)[O-])c1. The number of nitrogens with one attached hydrogen (secondary N) is 1. The first kappa shape index (κ1) is 25.3. The lowest BCUT2D eigenvalue weighted by Crippen LogP contribution is -2.20. The van der Waals surface area contributed by atoms with Crippen molar-refractivity contribution in [2.45, 2.75) is 6.92 Å². The summed E-state index contributed by atoms with van der Waals surface area (Å²) < 4.78 is 12.0. The summed E-state index contributed by atoms with van der Waals surface area (Å²) in [4.78, 5) is 36.2. The highest BCUT2D eigenvalue weighted by atomic mass is 32.1. The number of ether oxygens (including phenoxy) is 2. The van der Waals surface area contributed by atoms with Gasteiger partial charge in [-0.3, -0.25) is 14.9 Å². The molecule has 2 aromatic heterocycles. The van der Waals surface area contributed by atoms with Gasteiger partial charge in [-0.05, 0) is 48.7 Å². The molecule has 0 spiro atoms. The van der Waals surface area contributed by atoms with Gasteiger partial charge in [0, 0.05) is 17.8 Å². The van der Waals surface area contributed by atoms with Crippen LogP contribution >= 0.6 is 11.3 Å². The third kappa shape index (κ3) is 6.47. The summed E-state index contributed by atoms with van der Waals surface area (Å²) in [7, 11) is 0. The molecule has 4 rings (SSSR count). The number of benzene rings is 2. The summed E-state index contributed by atoms with van der Waals surface area (Å²) in [6.45, 7) is 1.48. The first-order valence-electron chi connectivity index (χ1n) is 11.2. The van der Waals surface area contributed by atoms with Crippen molar-refractivity contribution >= 4 is 40.7 Å². The van der Waals surface area contributed by atoms with Crippen molar-refractivity contribution in [1.82, 2.24) is 9.78 Å². The molecule has 0 saturated heterocycles. The zero-order valence-electron chi connectivity index (χ0n) is 19.7. The van der Waals surface area contributed by atoms with E-state index < -0.39 is 23.4 Å². The molecule has 1 N–H and O–H groups in total. The van der Waals surface area contributed by atoms with E-state index in [-0.39, 0.29) is 11.4 Å². The van der Waals surface area contributed by atoms with Gasteiger partial charge in [0.1, 0.15) is 17.1 Å². The van der Waals surface area contributed by atoms with Crippen molar-refractivity contribution in [3.05, 3.63) is 94.0 Å². The number of hydrogen-bond acceptors (Lipinski definition) is 8. The van der Waals surface area contributed by atoms with E-state index in [4.69, 9.17) is 9.47 Å². The predicted octanol–water partition coefficient (Wildman–Crippen LogP) is 5.10. The minimum Gasteiger partial charge on any atom is -0.494 e. The summed E-state index contributed by atoms with van der Waals surface area (Å²) >= 11 is 1.52. The van der Waals surface area contributed by atoms with Gasteiger partial charge in [0.15, 0.2) is 6.61 Å². The largest absolute Gasteiger partial charge is 0.494 e. The molecule has 0 bridgehead atoms. The van der Waals surface area contributed by atoms with Crippen molar-refractivity contribution in [2.75, 3.05) is 18.5 Å². The molecule has 188 valence electrons. The number of amides is 1. The molecule has 0 saturated carbocycles. The average Bonchev–Trinajstić information content (AvgIpc) is 3.58. The minimum atomic E-state index is -0.749. The molecule has 0 aliphatic carbocycles. The van der Waals surface area contributed by atoms with Gasteiger partial charge in [-0.2, -0.15) is 5.10 Å². The maximum atomic E-state index is 12.3. The highest BCUT2D eigenvalue weighted by Crippen LogP contribution is 2.30. The quantitative estimate of drug-likeness (QED) is 0.134. The van der Waals surface area contributed by atoms with Crippen LogP contribution in [0.2, 0.25) is 0 Å². The number of hydrogen-bond donors (Lipinski definition) is 1. The lowest BCUT2D eigenvalue weighted by Gasteiger charge is -2.08. The van der Waals surface area contributed by atoms with Gasteiger partial charge in [0.2, 0.25) is 0 Å². The highest BCUT2D eigenvalue weighted by molar-refractivity contribution is 7.13. The summed E-state index contributed by atoms with van der Waals surface area (Å²) in [5.74, 6) is -1.16. The molecule has 2 aromatic carbocycles. The fraction of sp³-hybridized carbons (Fsp3) is 0.115. The predicted molar refractivity (Wildman–Crippen MR) is 140 cm³/mol. The summed E-state index contributed by atoms with van der Waals surface area (Å²) in [5.41, 5.74) is 1.89. The van der Waals surface area contributed by atoms with Gasteiger partial charge in [-0.1, -0.05) is 24.3 Å². The minimum absolute atomic E-state index is 0.0287. The topological polar surface area (TPSA) is 126 Å². The molecule has 0 radical (unpaired) electrons. The van der Waals surface area contributed by atoms with Crippen molar-refractivity contribution < 1.29 is 24.0 Å². The lowest BCUT2D eigenvalue weighted by atomic mass is 10.2. The van der Waals surface area contributed by atoms with Crippen LogP contribution < -0.4 is 10.1 Å². The van der Waals surface area contributed by atoms with Crippen LogP contribution in [0.4, 0.5) is 11.4 Å². The summed E-state index contributed by atoms with van der Waals surface area (Å²) in [5, 5.41) is 20.3. The second-order valence-corrected chi connectivity index (χ2v) is 8.50. The van der Waals surface area contributed by atoms with E-state index in [1.165, 1.54) is 35.6 Å². The van der Waals surface area contributed by atoms with Crippen LogP contribution in [-0.4, -0.2) is 39.8 Å². The summed E-state index contributed by atoms with van der Waals surface area (Å²) in [6.07, 6.45) is 4.57. The molecule has 1 amide bonds. The Labute approximate surface area is 215 Å². The fourth-order valence-corrected chi connectivity index (χ4v) is 4.11. The fourth-order valence-electron chi connectivity index (χ4n) is 3.38. The highest BCUT2D eigenvalue weighted by Gasteiger charge is 2.18. The zero-order valence-corrected chi connectivity index (χ0v) is 20.5. The van der Waals surface area contributed by atoms with E-state index in [0.29, 0.717) is 23.6 Å². The second-order valence-electron chi connectivity index (χ2n) is 7.55. The van der Waals surface area contributed by atoms with Gasteiger partial charge in [0.25, 0.3) is 11.6 Å². The number of nitrogens with zero attached hydrogens (tertiary/aromatic N) is 3. The van der Waals surface area contributed by atoms with Gasteiger partial charge >= 0.3 is 5.97 Å². The number of para-hydroxylation sites is 1. The van der Waals surface area contributed by atoms with Crippen LogP contribution in [-0.2, 0) is 14.3 Å². The van der Waals surface area contributed by atoms with Gasteiger partial charge in [0.05, 0.1) is 28.2 Å². The van der Waals surface area contributed by atoms with Crippen LogP contribution in [0.5, 0.6) is 5.75 Å². The molecule has 37 heavy (non-hydrogen) atoms. The Kier molecular flexibility index (Phi) is 8.06. The van der Waals surface area contributed by atoms with Crippen molar-refractivity contribution in [3.63, 3.8) is 0 Å². The number of nitro groups is 1. The first-order valence-corrected chi connectivity index (χ1v) is 12.1. The third-order valence-corrected chi connectivity index (χ3v) is 5.89. The van der Waals surface area contributed by atoms with Crippen molar-refractivity contribution in [1.29, 1.82) is 0 Å². The van der Waals surface area contributed by atoms with Crippen LogP contribution in [0.25, 0.3) is 22.3 Å². The average molecular weight is 519 g/mol. The number of aromatic nitrogens is 2. The van der Waals surface area contributed by atoms with Crippen LogP contribution in [0.3, 0.4) is 0 Å². The van der Waals surface area contributed by atoms with E-state index in [9.17, 15) is 19.7 Å². The van der Waals surface area contributed by atoms with Gasteiger partial charge in [-0.25, -0.2) is 9.48 Å². The molecule has 0 atom stereocenters. The number of esters is 1. The molecular formula is C26H22N4O6S. The van der Waals surface area contributed by atoms with E-state index in [1.807, 2.05) is 47.8 Å². The Morgan fingerprint density at radius 2 is 1.97 bits per heavy atom. The van der Waals surface area contributed by atoms with Crippen molar-refractivity contribution in [2.24, 2.45) is 0 Å². The van der Waals surface area contributed by atoms with Gasteiger partial charge < -0.3 is 14.8 Å². The molecular weight excluding hydrogens is 496 g/mol. The van der Waals surface area contributed by atoms with Crippen LogP contribution in [0, 0.1) is 10.1 Å². The number of carbonyl (C=O) groups is 2. The number of nitro benzene ring substituents is 1. The maximum Gasteiger partial charge on any atom is 0.331 e. The molecule has 11 heteroatoms. The van der Waals surface area contributed by atoms with E-state index in [1.54, 1.807) is 23.9 Å². The molecule has 0 unspecified atom stereocenters. The smallest absolute Gasteiger partial charge is 0.331 e. The molecule has 2 heterocycles. The Morgan fingerprint density at radius 3 is 2.68 bits per heavy atom. The standard InChI is InChI=1S/C26H22N4O6S/c1-2-35-20-11-12-21(22(15-20)30(33)34)27-24(31)17-36-25(32)13-10-18-16-29(19-7-4-3-5-8-19)28-26(18)23-9-6-14-37-23/h3-16H,2,17H2,1H3,(H,27,31)/b13-10+. The molecule has 0 aliphatic heterocycles. The first-order chi connectivity index (χ1) is 17.9. The molecule has 10 nitrogen and oxygen atoms in total. The number of rotatable bonds is 10. The maximum absolute atomic E-state index is 12.3. The Bertz CT molecular complexity index is 1430. The normalized spacial score (nSPS) is 10.8. The van der Waals surface area contributed by atoms with Crippen LogP contribution in [0.1, 0.15) is 12.5 Å². The van der Waals surface area contributed by atoms with E-state index >= 15 is 0 Å². The number of carbonyl (C=O) groups excluding carboxylic acids is 2. The monoisotopic (exact) mass is 518 g/mol. The number of anilines is 1. The number of thiophene rings is 1. The Hall–Kier alpha value is -4.77. The third-order valence-electron chi connectivity index (χ3n) is 5.01. The van der Waals surface area contributed by atoms with E-state index in [2.05, 4.69) is 10.4 Å².